The molecule has 1 aromatic heterocycles. The Labute approximate surface area is 119 Å². The van der Waals surface area contributed by atoms with Crippen molar-refractivity contribution in [3.8, 4) is 5.75 Å². The molecule has 1 heterocycles. The first-order valence-corrected chi connectivity index (χ1v) is 6.74. The topological polar surface area (TPSA) is 44.1 Å². The number of aryl methyl sites for hydroxylation is 3. The fraction of sp³-hybridized carbons (Fsp3) is 0.375. The summed E-state index contributed by atoms with van der Waals surface area (Å²) in [7, 11) is 3.49. The molecule has 1 aromatic carbocycles. The summed E-state index contributed by atoms with van der Waals surface area (Å²) in [4.78, 5) is 12.3. The van der Waals surface area contributed by atoms with Crippen LogP contribution in [0.15, 0.2) is 24.3 Å². The molecule has 106 valence electrons. The predicted molar refractivity (Wildman–Crippen MR) is 78.4 cm³/mol. The van der Waals surface area contributed by atoms with Gasteiger partial charge in [-0.2, -0.15) is 5.10 Å². The number of hydrogen-bond acceptors (Lipinski definition) is 3. The zero-order valence-corrected chi connectivity index (χ0v) is 12.4. The van der Waals surface area contributed by atoms with E-state index in [1.54, 1.807) is 17.9 Å². The van der Waals surface area contributed by atoms with Crippen LogP contribution in [0.4, 0.5) is 0 Å². The smallest absolute Gasteiger partial charge is 0.168 e. The van der Waals surface area contributed by atoms with E-state index in [1.165, 1.54) is 0 Å². The molecule has 0 saturated carbocycles. The summed E-state index contributed by atoms with van der Waals surface area (Å²) < 4.78 is 7.04. The van der Waals surface area contributed by atoms with Gasteiger partial charge in [-0.3, -0.25) is 9.48 Å². The van der Waals surface area contributed by atoms with Crippen molar-refractivity contribution >= 4 is 5.78 Å². The Hall–Kier alpha value is -2.10. The van der Waals surface area contributed by atoms with Crippen LogP contribution in [0.5, 0.6) is 5.75 Å². The molecule has 0 unspecified atom stereocenters. The van der Waals surface area contributed by atoms with Crippen LogP contribution >= 0.6 is 0 Å². The van der Waals surface area contributed by atoms with Gasteiger partial charge in [0.1, 0.15) is 5.75 Å². The molecule has 0 fully saturated rings. The van der Waals surface area contributed by atoms with Gasteiger partial charge in [0.05, 0.1) is 19.2 Å². The molecule has 0 radical (unpaired) electrons. The maximum absolute atomic E-state index is 12.3. The molecule has 20 heavy (non-hydrogen) atoms. The van der Waals surface area contributed by atoms with Crippen molar-refractivity contribution in [3.05, 3.63) is 46.8 Å². The van der Waals surface area contributed by atoms with E-state index in [2.05, 4.69) is 12.0 Å². The van der Waals surface area contributed by atoms with Gasteiger partial charge < -0.3 is 4.74 Å². The number of carbonyl (C=O) groups is 1. The van der Waals surface area contributed by atoms with Gasteiger partial charge in [0, 0.05) is 18.3 Å². The average molecular weight is 272 g/mol. The molecule has 0 amide bonds. The normalized spacial score (nSPS) is 10.6. The van der Waals surface area contributed by atoms with Crippen molar-refractivity contribution < 1.29 is 9.53 Å². The maximum atomic E-state index is 12.3. The van der Waals surface area contributed by atoms with E-state index >= 15 is 0 Å². The number of methoxy groups -OCH3 is 1. The largest absolute Gasteiger partial charge is 0.496 e. The molecule has 2 aromatic rings. The van der Waals surface area contributed by atoms with Gasteiger partial charge in [0.2, 0.25) is 0 Å². The highest BCUT2D eigenvalue weighted by molar-refractivity contribution is 5.97. The third-order valence-electron chi connectivity index (χ3n) is 3.46. The van der Waals surface area contributed by atoms with Crippen LogP contribution < -0.4 is 4.74 Å². The summed E-state index contributed by atoms with van der Waals surface area (Å²) in [6.07, 6.45) is 1.23. The Bertz CT molecular complexity index is 629. The molecule has 4 heteroatoms. The van der Waals surface area contributed by atoms with Gasteiger partial charge in [0.15, 0.2) is 5.78 Å². The van der Waals surface area contributed by atoms with Crippen LogP contribution in [-0.4, -0.2) is 22.7 Å². The average Bonchev–Trinajstić information content (AvgIpc) is 2.79. The van der Waals surface area contributed by atoms with Gasteiger partial charge >= 0.3 is 0 Å². The van der Waals surface area contributed by atoms with Crippen LogP contribution in [0.1, 0.15) is 34.2 Å². The number of carbonyl (C=O) groups excluding carboxylic acids is 1. The summed E-state index contributed by atoms with van der Waals surface area (Å²) in [6.45, 7) is 4.01. The molecule has 0 aliphatic heterocycles. The first kappa shape index (κ1) is 14.3. The van der Waals surface area contributed by atoms with E-state index in [0.29, 0.717) is 12.0 Å². The number of nitrogens with zero attached hydrogens (tertiary/aromatic N) is 2. The van der Waals surface area contributed by atoms with Crippen molar-refractivity contribution in [3.63, 3.8) is 0 Å². The van der Waals surface area contributed by atoms with Crippen LogP contribution in [0.25, 0.3) is 0 Å². The van der Waals surface area contributed by atoms with E-state index in [-0.39, 0.29) is 5.78 Å². The Kier molecular flexibility index (Phi) is 4.23. The van der Waals surface area contributed by atoms with E-state index in [0.717, 1.165) is 29.1 Å². The monoisotopic (exact) mass is 272 g/mol. The molecule has 0 atom stereocenters. The van der Waals surface area contributed by atoms with Crippen LogP contribution in [0.3, 0.4) is 0 Å². The molecular formula is C16H20N2O2. The standard InChI is InChI=1S/C16H20N2O2/c1-5-13-9-14(18(3)17-13)10-15(19)12-7-6-11(2)16(8-12)20-4/h6-9H,5,10H2,1-4H3. The molecule has 0 saturated heterocycles. The fourth-order valence-corrected chi connectivity index (χ4v) is 2.17. The molecule has 0 aliphatic carbocycles. The lowest BCUT2D eigenvalue weighted by Gasteiger charge is -2.07. The lowest BCUT2D eigenvalue weighted by atomic mass is 10.0. The second kappa shape index (κ2) is 5.90. The second-order valence-corrected chi connectivity index (χ2v) is 4.89. The van der Waals surface area contributed by atoms with Crippen molar-refractivity contribution in [1.82, 2.24) is 9.78 Å². The molecule has 0 spiro atoms. The van der Waals surface area contributed by atoms with Crippen molar-refractivity contribution in [2.45, 2.75) is 26.7 Å². The van der Waals surface area contributed by atoms with E-state index in [9.17, 15) is 4.79 Å². The Morgan fingerprint density at radius 3 is 2.70 bits per heavy atom. The number of Topliss-reactive ketones (excluding diaryl/α,β-unsaturated/α-hetero) is 1. The molecular weight excluding hydrogens is 252 g/mol. The zero-order chi connectivity index (χ0) is 14.7. The highest BCUT2D eigenvalue weighted by Crippen LogP contribution is 2.20. The van der Waals surface area contributed by atoms with Crippen LogP contribution in [0.2, 0.25) is 0 Å². The summed E-state index contributed by atoms with van der Waals surface area (Å²) in [5.74, 6) is 0.823. The summed E-state index contributed by atoms with van der Waals surface area (Å²) >= 11 is 0. The maximum Gasteiger partial charge on any atom is 0.168 e. The van der Waals surface area contributed by atoms with Crippen molar-refractivity contribution in [2.75, 3.05) is 7.11 Å². The quantitative estimate of drug-likeness (QED) is 0.786. The van der Waals surface area contributed by atoms with E-state index in [4.69, 9.17) is 4.74 Å². The third-order valence-corrected chi connectivity index (χ3v) is 3.46. The fourth-order valence-electron chi connectivity index (χ4n) is 2.17. The summed E-state index contributed by atoms with van der Waals surface area (Å²) in [5, 5.41) is 4.36. The summed E-state index contributed by atoms with van der Waals surface area (Å²) in [5.41, 5.74) is 3.65. The molecule has 0 N–H and O–H groups in total. The van der Waals surface area contributed by atoms with Crippen molar-refractivity contribution in [2.24, 2.45) is 7.05 Å². The zero-order valence-electron chi connectivity index (χ0n) is 12.4. The number of rotatable bonds is 5. The number of ketones is 1. The Morgan fingerprint density at radius 1 is 1.35 bits per heavy atom. The third kappa shape index (κ3) is 2.90. The number of aromatic nitrogens is 2. The van der Waals surface area contributed by atoms with Gasteiger partial charge in [-0.25, -0.2) is 0 Å². The molecule has 2 rings (SSSR count). The number of hydrogen-bond donors (Lipinski definition) is 0. The van der Waals surface area contributed by atoms with E-state index < -0.39 is 0 Å². The molecule has 0 bridgehead atoms. The molecule has 4 nitrogen and oxygen atoms in total. The predicted octanol–water partition coefficient (Wildman–Crippen LogP) is 2.72. The minimum atomic E-state index is 0.0777. The van der Waals surface area contributed by atoms with Gasteiger partial charge in [-0.05, 0) is 31.0 Å². The van der Waals surface area contributed by atoms with Gasteiger partial charge in [-0.1, -0.05) is 19.1 Å². The van der Waals surface area contributed by atoms with Gasteiger partial charge in [-0.15, -0.1) is 0 Å². The number of benzene rings is 1. The van der Waals surface area contributed by atoms with Crippen LogP contribution in [0, 0.1) is 6.92 Å². The minimum Gasteiger partial charge on any atom is -0.496 e. The lowest BCUT2D eigenvalue weighted by molar-refractivity contribution is 0.0990. The highest BCUT2D eigenvalue weighted by Gasteiger charge is 2.13. The minimum absolute atomic E-state index is 0.0777. The summed E-state index contributed by atoms with van der Waals surface area (Å²) in [6, 6.07) is 7.54. The van der Waals surface area contributed by atoms with E-state index in [1.807, 2.05) is 32.2 Å². The van der Waals surface area contributed by atoms with Gasteiger partial charge in [0.25, 0.3) is 0 Å². The number of ether oxygens (including phenoxy) is 1. The Morgan fingerprint density at radius 2 is 2.10 bits per heavy atom. The van der Waals surface area contributed by atoms with Crippen molar-refractivity contribution in [1.29, 1.82) is 0 Å². The lowest BCUT2D eigenvalue weighted by Crippen LogP contribution is -2.08. The first-order chi connectivity index (χ1) is 9.55. The Balaban J connectivity index is 2.21. The SMILES string of the molecule is CCc1cc(CC(=O)c2ccc(C)c(OC)c2)n(C)n1. The highest BCUT2D eigenvalue weighted by atomic mass is 16.5. The second-order valence-electron chi connectivity index (χ2n) is 4.89. The molecule has 0 aliphatic rings. The first-order valence-electron chi connectivity index (χ1n) is 6.74. The van der Waals surface area contributed by atoms with Crippen LogP contribution in [-0.2, 0) is 19.9 Å².